The standard InChI is InChI=1S/C13H20N2O3/c1-3-9(2)15-5-4-11(14-15)8-13(18)6-10(7-13)12(16)17/h4-5,9-10,18H,3,6-8H2,1-2H3,(H,16,17). The molecule has 2 rings (SSSR count). The second-order valence-corrected chi connectivity index (χ2v) is 5.39. The lowest BCUT2D eigenvalue weighted by molar-refractivity contribution is -0.158. The maximum absolute atomic E-state index is 10.7. The van der Waals surface area contributed by atoms with E-state index in [1.807, 2.05) is 16.9 Å². The van der Waals surface area contributed by atoms with Crippen LogP contribution < -0.4 is 0 Å². The Morgan fingerprint density at radius 1 is 1.67 bits per heavy atom. The fourth-order valence-corrected chi connectivity index (χ4v) is 2.42. The van der Waals surface area contributed by atoms with Gasteiger partial charge >= 0.3 is 5.97 Å². The van der Waals surface area contributed by atoms with Crippen LogP contribution in [0.5, 0.6) is 0 Å². The van der Waals surface area contributed by atoms with E-state index >= 15 is 0 Å². The average molecular weight is 252 g/mol. The molecule has 100 valence electrons. The zero-order valence-corrected chi connectivity index (χ0v) is 10.8. The van der Waals surface area contributed by atoms with E-state index in [0.717, 1.165) is 12.1 Å². The highest BCUT2D eigenvalue weighted by Gasteiger charge is 2.46. The fraction of sp³-hybridized carbons (Fsp3) is 0.692. The fourth-order valence-electron chi connectivity index (χ4n) is 2.42. The largest absolute Gasteiger partial charge is 0.481 e. The number of hydrogen-bond donors (Lipinski definition) is 2. The highest BCUT2D eigenvalue weighted by Crippen LogP contribution is 2.40. The summed E-state index contributed by atoms with van der Waals surface area (Å²) in [5.74, 6) is -1.21. The first-order valence-electron chi connectivity index (χ1n) is 6.43. The first-order valence-corrected chi connectivity index (χ1v) is 6.43. The molecule has 1 heterocycles. The molecule has 5 heteroatoms. The number of hydrogen-bond acceptors (Lipinski definition) is 3. The van der Waals surface area contributed by atoms with Crippen LogP contribution in [0.25, 0.3) is 0 Å². The van der Waals surface area contributed by atoms with Gasteiger partial charge in [0, 0.05) is 18.7 Å². The summed E-state index contributed by atoms with van der Waals surface area (Å²) >= 11 is 0. The third-order valence-electron chi connectivity index (χ3n) is 3.82. The van der Waals surface area contributed by atoms with Crippen LogP contribution in [0.15, 0.2) is 12.3 Å². The predicted molar refractivity (Wildman–Crippen MR) is 66.2 cm³/mol. The Labute approximate surface area is 106 Å². The van der Waals surface area contributed by atoms with Crippen molar-refractivity contribution in [1.29, 1.82) is 0 Å². The minimum Gasteiger partial charge on any atom is -0.481 e. The summed E-state index contributed by atoms with van der Waals surface area (Å²) in [6.45, 7) is 4.19. The van der Waals surface area contributed by atoms with E-state index in [2.05, 4.69) is 18.9 Å². The van der Waals surface area contributed by atoms with Crippen LogP contribution in [-0.4, -0.2) is 31.6 Å². The van der Waals surface area contributed by atoms with E-state index in [1.165, 1.54) is 0 Å². The molecule has 1 aromatic rings. The molecule has 5 nitrogen and oxygen atoms in total. The van der Waals surface area contributed by atoms with Gasteiger partial charge in [-0.2, -0.15) is 5.10 Å². The molecule has 2 N–H and O–H groups in total. The van der Waals surface area contributed by atoms with E-state index in [-0.39, 0.29) is 0 Å². The molecule has 1 aliphatic carbocycles. The molecular formula is C13H20N2O3. The van der Waals surface area contributed by atoms with Gasteiger partial charge in [-0.1, -0.05) is 6.92 Å². The van der Waals surface area contributed by atoms with Crippen molar-refractivity contribution in [2.45, 2.75) is 51.2 Å². The summed E-state index contributed by atoms with van der Waals surface area (Å²) in [5.41, 5.74) is -0.0424. The summed E-state index contributed by atoms with van der Waals surface area (Å²) in [5, 5.41) is 23.4. The number of rotatable bonds is 5. The zero-order chi connectivity index (χ0) is 13.3. The molecule has 1 aliphatic rings. The van der Waals surface area contributed by atoms with Crippen molar-refractivity contribution in [3.8, 4) is 0 Å². The van der Waals surface area contributed by atoms with Crippen LogP contribution >= 0.6 is 0 Å². The molecule has 0 saturated heterocycles. The molecule has 0 aromatic carbocycles. The third kappa shape index (κ3) is 2.56. The lowest BCUT2D eigenvalue weighted by Gasteiger charge is -2.41. The molecule has 0 amide bonds. The molecule has 1 unspecified atom stereocenters. The van der Waals surface area contributed by atoms with Crippen molar-refractivity contribution in [3.05, 3.63) is 18.0 Å². The summed E-state index contributed by atoms with van der Waals surface area (Å²) in [7, 11) is 0. The van der Waals surface area contributed by atoms with Gasteiger partial charge in [0.2, 0.25) is 0 Å². The molecule has 1 atom stereocenters. The normalized spacial score (nSPS) is 28.7. The molecule has 0 aliphatic heterocycles. The average Bonchev–Trinajstić information content (AvgIpc) is 2.72. The molecule has 1 saturated carbocycles. The van der Waals surface area contributed by atoms with Gasteiger partial charge in [0.05, 0.1) is 17.2 Å². The van der Waals surface area contributed by atoms with Gasteiger partial charge < -0.3 is 10.2 Å². The van der Waals surface area contributed by atoms with E-state index in [0.29, 0.717) is 25.3 Å². The highest BCUT2D eigenvalue weighted by atomic mass is 16.4. The van der Waals surface area contributed by atoms with Crippen LogP contribution in [0.3, 0.4) is 0 Å². The highest BCUT2D eigenvalue weighted by molar-refractivity contribution is 5.71. The van der Waals surface area contributed by atoms with Crippen molar-refractivity contribution in [2.24, 2.45) is 5.92 Å². The molecule has 1 fully saturated rings. The van der Waals surface area contributed by atoms with Crippen LogP contribution in [0.2, 0.25) is 0 Å². The second-order valence-electron chi connectivity index (χ2n) is 5.39. The van der Waals surface area contributed by atoms with E-state index in [1.54, 1.807) is 0 Å². The molecule has 0 spiro atoms. The quantitative estimate of drug-likeness (QED) is 0.835. The van der Waals surface area contributed by atoms with Crippen molar-refractivity contribution in [1.82, 2.24) is 9.78 Å². The maximum Gasteiger partial charge on any atom is 0.306 e. The maximum atomic E-state index is 10.7. The van der Waals surface area contributed by atoms with Crippen LogP contribution in [0.1, 0.15) is 44.8 Å². The Kier molecular flexibility index (Phi) is 3.43. The van der Waals surface area contributed by atoms with Crippen molar-refractivity contribution in [2.75, 3.05) is 0 Å². The zero-order valence-electron chi connectivity index (χ0n) is 10.8. The summed E-state index contributed by atoms with van der Waals surface area (Å²) in [6.07, 6.45) is 4.03. The number of aromatic nitrogens is 2. The summed E-state index contributed by atoms with van der Waals surface area (Å²) in [4.78, 5) is 10.7. The molecule has 18 heavy (non-hydrogen) atoms. The Bertz CT molecular complexity index is 435. The number of carbonyl (C=O) groups is 1. The monoisotopic (exact) mass is 252 g/mol. The first kappa shape index (κ1) is 13.1. The lowest BCUT2D eigenvalue weighted by atomic mass is 9.69. The third-order valence-corrected chi connectivity index (χ3v) is 3.82. The topological polar surface area (TPSA) is 75.4 Å². The SMILES string of the molecule is CCC(C)n1ccc(CC2(O)CC(C(=O)O)C2)n1. The van der Waals surface area contributed by atoms with Crippen LogP contribution in [0, 0.1) is 5.92 Å². The van der Waals surface area contributed by atoms with Crippen molar-refractivity contribution >= 4 is 5.97 Å². The number of nitrogens with zero attached hydrogens (tertiary/aromatic N) is 2. The Balaban J connectivity index is 1.94. The minimum absolute atomic E-state index is 0.332. The number of carboxylic acid groups (broad SMARTS) is 1. The van der Waals surface area contributed by atoms with Gasteiger partial charge in [-0.3, -0.25) is 9.48 Å². The molecule has 0 radical (unpaired) electrons. The van der Waals surface area contributed by atoms with Crippen molar-refractivity contribution in [3.63, 3.8) is 0 Å². The first-order chi connectivity index (χ1) is 8.43. The van der Waals surface area contributed by atoms with E-state index in [9.17, 15) is 9.90 Å². The van der Waals surface area contributed by atoms with Gasteiger partial charge in [-0.15, -0.1) is 0 Å². The van der Waals surface area contributed by atoms with Crippen LogP contribution in [-0.2, 0) is 11.2 Å². The molecule has 1 aromatic heterocycles. The van der Waals surface area contributed by atoms with Gasteiger partial charge in [-0.25, -0.2) is 0 Å². The molecule has 0 bridgehead atoms. The van der Waals surface area contributed by atoms with Gasteiger partial charge in [-0.05, 0) is 32.3 Å². The van der Waals surface area contributed by atoms with E-state index in [4.69, 9.17) is 5.11 Å². The Morgan fingerprint density at radius 2 is 2.33 bits per heavy atom. The number of carboxylic acids is 1. The van der Waals surface area contributed by atoms with Gasteiger partial charge in [0.1, 0.15) is 0 Å². The van der Waals surface area contributed by atoms with Gasteiger partial charge in [0.15, 0.2) is 0 Å². The smallest absolute Gasteiger partial charge is 0.306 e. The minimum atomic E-state index is -0.877. The van der Waals surface area contributed by atoms with E-state index < -0.39 is 17.5 Å². The van der Waals surface area contributed by atoms with Crippen LogP contribution in [0.4, 0.5) is 0 Å². The Hall–Kier alpha value is -1.36. The molecular weight excluding hydrogens is 232 g/mol. The lowest BCUT2D eigenvalue weighted by Crippen LogP contribution is -2.48. The van der Waals surface area contributed by atoms with Crippen molar-refractivity contribution < 1.29 is 15.0 Å². The number of aliphatic carboxylic acids is 1. The summed E-state index contributed by atoms with van der Waals surface area (Å²) in [6, 6.07) is 2.25. The number of aliphatic hydroxyl groups is 1. The van der Waals surface area contributed by atoms with Gasteiger partial charge in [0.25, 0.3) is 0 Å². The predicted octanol–water partition coefficient (Wildman–Crippen LogP) is 1.62. The summed E-state index contributed by atoms with van der Waals surface area (Å²) < 4.78 is 1.89. The Morgan fingerprint density at radius 3 is 2.89 bits per heavy atom. The second kappa shape index (κ2) is 4.72.